The zero-order valence-corrected chi connectivity index (χ0v) is 14.0. The van der Waals surface area contributed by atoms with Crippen LogP contribution in [0.5, 0.6) is 0 Å². The zero-order chi connectivity index (χ0) is 15.5. The summed E-state index contributed by atoms with van der Waals surface area (Å²) in [6.45, 7) is 9.06. The maximum absolute atomic E-state index is 12.9. The first-order valence-corrected chi connectivity index (χ1v) is 9.09. The second kappa shape index (κ2) is 6.46. The van der Waals surface area contributed by atoms with Crippen LogP contribution in [0.2, 0.25) is 0 Å². The van der Waals surface area contributed by atoms with E-state index in [1.807, 2.05) is 12.1 Å². The lowest BCUT2D eigenvalue weighted by Gasteiger charge is -2.21. The molecule has 4 nitrogen and oxygen atoms in total. The van der Waals surface area contributed by atoms with E-state index in [4.69, 9.17) is 0 Å². The second-order valence-corrected chi connectivity index (χ2v) is 8.44. The molecule has 1 heterocycles. The Morgan fingerprint density at radius 1 is 1.29 bits per heavy atom. The van der Waals surface area contributed by atoms with Crippen molar-refractivity contribution in [3.8, 4) is 0 Å². The molecule has 1 aliphatic rings. The third kappa shape index (κ3) is 3.84. The lowest BCUT2D eigenvalue weighted by atomic mass is 9.93. The number of rotatable bonds is 6. The van der Waals surface area contributed by atoms with Crippen LogP contribution in [0.1, 0.15) is 39.2 Å². The van der Waals surface area contributed by atoms with Gasteiger partial charge in [0.1, 0.15) is 0 Å². The molecule has 0 aliphatic carbocycles. The Hall–Kier alpha value is -0.910. The first-order chi connectivity index (χ1) is 9.87. The summed E-state index contributed by atoms with van der Waals surface area (Å²) in [6, 6.07) is 7.33. The molecule has 0 unspecified atom stereocenters. The Bertz CT molecular complexity index is 582. The van der Waals surface area contributed by atoms with Crippen molar-refractivity contribution >= 4 is 10.0 Å². The molecule has 0 amide bonds. The smallest absolute Gasteiger partial charge is 0.243 e. The predicted octanol–water partition coefficient (Wildman–Crippen LogP) is 2.61. The van der Waals surface area contributed by atoms with E-state index in [0.717, 1.165) is 24.9 Å². The van der Waals surface area contributed by atoms with Gasteiger partial charge in [0.25, 0.3) is 0 Å². The van der Waals surface area contributed by atoms with Gasteiger partial charge in [-0.15, -0.1) is 0 Å². The van der Waals surface area contributed by atoms with Crippen LogP contribution in [-0.4, -0.2) is 32.4 Å². The summed E-state index contributed by atoms with van der Waals surface area (Å²) in [5, 5.41) is 3.29. The van der Waals surface area contributed by atoms with E-state index >= 15 is 0 Å². The van der Waals surface area contributed by atoms with Gasteiger partial charge in [0.2, 0.25) is 10.0 Å². The van der Waals surface area contributed by atoms with Gasteiger partial charge >= 0.3 is 0 Å². The average molecular weight is 310 g/mol. The molecule has 1 fully saturated rings. The fourth-order valence-corrected chi connectivity index (χ4v) is 4.56. The van der Waals surface area contributed by atoms with Gasteiger partial charge in [0, 0.05) is 19.6 Å². The molecule has 1 aromatic rings. The van der Waals surface area contributed by atoms with Crippen LogP contribution < -0.4 is 5.32 Å². The standard InChI is InChI=1S/C16H26N2O2S/c1-4-10-17-12-14-7-5-6-8-15(14)21(19,20)18-11-9-16(2,3)13-18/h5-8,17H,4,9-13H2,1-3H3. The van der Waals surface area contributed by atoms with Crippen molar-refractivity contribution in [3.63, 3.8) is 0 Å². The molecule has 21 heavy (non-hydrogen) atoms. The van der Waals surface area contributed by atoms with E-state index in [0.29, 0.717) is 24.5 Å². The summed E-state index contributed by atoms with van der Waals surface area (Å²) in [5.74, 6) is 0. The number of benzene rings is 1. The fraction of sp³-hybridized carbons (Fsp3) is 0.625. The highest BCUT2D eigenvalue weighted by atomic mass is 32.2. The Balaban J connectivity index is 2.24. The highest BCUT2D eigenvalue weighted by molar-refractivity contribution is 7.89. The number of hydrogen-bond acceptors (Lipinski definition) is 3. The molecule has 118 valence electrons. The fourth-order valence-electron chi connectivity index (χ4n) is 2.71. The summed E-state index contributed by atoms with van der Waals surface area (Å²) in [6.07, 6.45) is 1.96. The van der Waals surface area contributed by atoms with Crippen LogP contribution in [0.15, 0.2) is 29.2 Å². The molecule has 0 saturated carbocycles. The molecule has 0 bridgehead atoms. The molecule has 1 aliphatic heterocycles. The van der Waals surface area contributed by atoms with Gasteiger partial charge in [0.05, 0.1) is 4.90 Å². The molecule has 5 heteroatoms. The van der Waals surface area contributed by atoms with Crippen LogP contribution in [0.4, 0.5) is 0 Å². The number of nitrogens with one attached hydrogen (secondary N) is 1. The monoisotopic (exact) mass is 310 g/mol. The lowest BCUT2D eigenvalue weighted by Crippen LogP contribution is -2.31. The van der Waals surface area contributed by atoms with E-state index in [1.54, 1.807) is 16.4 Å². The molecule has 0 radical (unpaired) electrons. The molecule has 1 aromatic carbocycles. The normalized spacial score (nSPS) is 19.0. The minimum Gasteiger partial charge on any atom is -0.313 e. The van der Waals surface area contributed by atoms with Crippen molar-refractivity contribution in [3.05, 3.63) is 29.8 Å². The van der Waals surface area contributed by atoms with Gasteiger partial charge in [-0.3, -0.25) is 0 Å². The van der Waals surface area contributed by atoms with Crippen molar-refractivity contribution in [2.24, 2.45) is 5.41 Å². The summed E-state index contributed by atoms with van der Waals surface area (Å²) < 4.78 is 27.4. The minimum absolute atomic E-state index is 0.0719. The van der Waals surface area contributed by atoms with Crippen LogP contribution in [0, 0.1) is 5.41 Å². The minimum atomic E-state index is -3.38. The predicted molar refractivity (Wildman–Crippen MR) is 85.6 cm³/mol. The molecule has 0 aromatic heterocycles. The second-order valence-electron chi connectivity index (χ2n) is 6.54. The molecular weight excluding hydrogens is 284 g/mol. The average Bonchev–Trinajstić information content (AvgIpc) is 2.80. The third-order valence-corrected chi connectivity index (χ3v) is 5.92. The Morgan fingerprint density at radius 2 is 2.00 bits per heavy atom. The van der Waals surface area contributed by atoms with Crippen LogP contribution >= 0.6 is 0 Å². The first-order valence-electron chi connectivity index (χ1n) is 7.65. The summed E-state index contributed by atoms with van der Waals surface area (Å²) >= 11 is 0. The molecule has 0 atom stereocenters. The lowest BCUT2D eigenvalue weighted by molar-refractivity contribution is 0.375. The molecule has 0 spiro atoms. The Morgan fingerprint density at radius 3 is 2.62 bits per heavy atom. The van der Waals surface area contributed by atoms with Gasteiger partial charge in [-0.05, 0) is 36.4 Å². The van der Waals surface area contributed by atoms with Gasteiger partial charge in [0.15, 0.2) is 0 Å². The maximum Gasteiger partial charge on any atom is 0.243 e. The third-order valence-electron chi connectivity index (χ3n) is 3.98. The first kappa shape index (κ1) is 16.5. The van der Waals surface area contributed by atoms with E-state index < -0.39 is 10.0 Å². The van der Waals surface area contributed by atoms with Crippen LogP contribution in [-0.2, 0) is 16.6 Å². The van der Waals surface area contributed by atoms with Crippen molar-refractivity contribution in [1.82, 2.24) is 9.62 Å². The number of nitrogens with zero attached hydrogens (tertiary/aromatic N) is 1. The van der Waals surface area contributed by atoms with Gasteiger partial charge in [-0.25, -0.2) is 8.42 Å². The molecule has 1 N–H and O–H groups in total. The van der Waals surface area contributed by atoms with Crippen LogP contribution in [0.3, 0.4) is 0 Å². The van der Waals surface area contributed by atoms with Gasteiger partial charge in [-0.1, -0.05) is 39.0 Å². The highest BCUT2D eigenvalue weighted by Crippen LogP contribution is 2.33. The number of hydrogen-bond donors (Lipinski definition) is 1. The van der Waals surface area contributed by atoms with Crippen molar-refractivity contribution in [2.45, 2.75) is 45.1 Å². The Kier molecular flexibility index (Phi) is 5.07. The summed E-state index contributed by atoms with van der Waals surface area (Å²) in [7, 11) is -3.38. The van der Waals surface area contributed by atoms with Crippen molar-refractivity contribution in [2.75, 3.05) is 19.6 Å². The van der Waals surface area contributed by atoms with Crippen molar-refractivity contribution in [1.29, 1.82) is 0 Å². The largest absolute Gasteiger partial charge is 0.313 e. The Labute approximate surface area is 128 Å². The van der Waals surface area contributed by atoms with Crippen LogP contribution in [0.25, 0.3) is 0 Å². The van der Waals surface area contributed by atoms with E-state index in [-0.39, 0.29) is 5.41 Å². The summed E-state index contributed by atoms with van der Waals surface area (Å²) in [4.78, 5) is 0.450. The van der Waals surface area contributed by atoms with Gasteiger partial charge < -0.3 is 5.32 Å². The zero-order valence-electron chi connectivity index (χ0n) is 13.2. The SMILES string of the molecule is CCCNCc1ccccc1S(=O)(=O)N1CCC(C)(C)C1. The summed E-state index contributed by atoms with van der Waals surface area (Å²) in [5.41, 5.74) is 0.929. The number of sulfonamides is 1. The topological polar surface area (TPSA) is 49.4 Å². The van der Waals surface area contributed by atoms with E-state index in [9.17, 15) is 8.42 Å². The molecular formula is C16H26N2O2S. The molecule has 1 saturated heterocycles. The molecule has 2 rings (SSSR count). The van der Waals surface area contributed by atoms with Gasteiger partial charge in [-0.2, -0.15) is 4.31 Å². The van der Waals surface area contributed by atoms with Crippen molar-refractivity contribution < 1.29 is 8.42 Å². The van der Waals surface area contributed by atoms with E-state index in [2.05, 4.69) is 26.1 Å². The highest BCUT2D eigenvalue weighted by Gasteiger charge is 2.37. The van der Waals surface area contributed by atoms with E-state index in [1.165, 1.54) is 0 Å². The quantitative estimate of drug-likeness (QED) is 0.822. The maximum atomic E-state index is 12.9.